The first-order valence-electron chi connectivity index (χ1n) is 13.3. The lowest BCUT2D eigenvalue weighted by molar-refractivity contribution is -0.149. The number of carbonyl (C=O) groups excluding carboxylic acids is 1. The van der Waals surface area contributed by atoms with Gasteiger partial charge in [0.05, 0.1) is 44.8 Å². The average molecular weight is 465 g/mol. The van der Waals surface area contributed by atoms with E-state index in [1.807, 2.05) is 12.1 Å². The second-order valence-electron chi connectivity index (χ2n) is 8.77. The van der Waals surface area contributed by atoms with E-state index in [0.717, 1.165) is 12.8 Å². The van der Waals surface area contributed by atoms with Crippen LogP contribution in [-0.4, -0.2) is 38.5 Å². The molecule has 0 spiro atoms. The van der Waals surface area contributed by atoms with Crippen LogP contribution >= 0.6 is 0 Å². The van der Waals surface area contributed by atoms with E-state index in [9.17, 15) is 4.79 Å². The van der Waals surface area contributed by atoms with Gasteiger partial charge in [-0.2, -0.15) is 10.5 Å². The first-order valence-corrected chi connectivity index (χ1v) is 13.3. The second-order valence-corrected chi connectivity index (χ2v) is 8.77. The van der Waals surface area contributed by atoms with E-state index in [-0.39, 0.29) is 32.2 Å². The maximum absolute atomic E-state index is 12.0. The van der Waals surface area contributed by atoms with Gasteiger partial charge in [-0.15, -0.1) is 0 Å². The van der Waals surface area contributed by atoms with Crippen LogP contribution in [0.2, 0.25) is 0 Å². The topological polar surface area (TPSA) is 92.3 Å². The highest BCUT2D eigenvalue weighted by atomic mass is 16.6. The highest BCUT2D eigenvalue weighted by Gasteiger charge is 2.13. The summed E-state index contributed by atoms with van der Waals surface area (Å²) in [4.78, 5) is 12.0. The number of nitrogens with zero attached hydrogens (tertiary/aromatic N) is 2. The van der Waals surface area contributed by atoms with Crippen LogP contribution in [0.4, 0.5) is 0 Å². The van der Waals surface area contributed by atoms with E-state index in [0.29, 0.717) is 19.4 Å². The molecule has 0 saturated carbocycles. The van der Waals surface area contributed by atoms with Gasteiger partial charge in [-0.05, 0) is 6.42 Å². The largest absolute Gasteiger partial charge is 0.463 e. The van der Waals surface area contributed by atoms with Crippen LogP contribution in [0.1, 0.15) is 122 Å². The molecule has 0 amide bonds. The standard InChI is InChI=1S/C27H48N2O4/c1-2-3-4-5-6-7-8-9-10-11-12-13-14-15-16-19-27(30)33-25-26(32-23-18-21-29)24-31-22-17-20-28/h26H,2-19,22-25H2,1H3. The fraction of sp³-hybridized carbons (Fsp3) is 0.889. The van der Waals surface area contributed by atoms with Gasteiger partial charge < -0.3 is 14.2 Å². The minimum absolute atomic E-state index is 0.121. The molecule has 0 bridgehead atoms. The Morgan fingerprint density at radius 1 is 0.697 bits per heavy atom. The molecule has 1 atom stereocenters. The van der Waals surface area contributed by atoms with E-state index < -0.39 is 6.10 Å². The van der Waals surface area contributed by atoms with E-state index in [4.69, 9.17) is 24.7 Å². The molecule has 33 heavy (non-hydrogen) atoms. The van der Waals surface area contributed by atoms with Gasteiger partial charge in [-0.1, -0.05) is 96.8 Å². The lowest BCUT2D eigenvalue weighted by Gasteiger charge is -2.17. The summed E-state index contributed by atoms with van der Waals surface area (Å²) in [5.74, 6) is -0.212. The summed E-state index contributed by atoms with van der Waals surface area (Å²) in [6, 6.07) is 4.03. The van der Waals surface area contributed by atoms with Gasteiger partial charge >= 0.3 is 5.97 Å². The van der Waals surface area contributed by atoms with Gasteiger partial charge in [-0.3, -0.25) is 4.79 Å². The highest BCUT2D eigenvalue weighted by Crippen LogP contribution is 2.14. The fourth-order valence-electron chi connectivity index (χ4n) is 3.65. The van der Waals surface area contributed by atoms with Crippen LogP contribution in [0.5, 0.6) is 0 Å². The Labute approximate surface area is 203 Å². The molecule has 0 rings (SSSR count). The molecule has 0 heterocycles. The summed E-state index contributed by atoms with van der Waals surface area (Å²) in [5.41, 5.74) is 0. The molecule has 0 aliphatic carbocycles. The number of ether oxygens (including phenoxy) is 3. The van der Waals surface area contributed by atoms with E-state index >= 15 is 0 Å². The van der Waals surface area contributed by atoms with Crippen LogP contribution in [0, 0.1) is 22.7 Å². The van der Waals surface area contributed by atoms with Crippen LogP contribution in [0.15, 0.2) is 0 Å². The second kappa shape index (κ2) is 26.6. The average Bonchev–Trinajstić information content (AvgIpc) is 2.82. The molecule has 1 unspecified atom stereocenters. The Kier molecular flexibility index (Phi) is 25.3. The van der Waals surface area contributed by atoms with Crippen molar-refractivity contribution in [3.8, 4) is 12.1 Å². The van der Waals surface area contributed by atoms with Crippen molar-refractivity contribution in [1.82, 2.24) is 0 Å². The van der Waals surface area contributed by atoms with Crippen molar-refractivity contribution in [2.75, 3.05) is 26.4 Å². The van der Waals surface area contributed by atoms with Crippen molar-refractivity contribution in [2.24, 2.45) is 0 Å². The summed E-state index contributed by atoms with van der Waals surface area (Å²) >= 11 is 0. The first-order chi connectivity index (χ1) is 16.2. The smallest absolute Gasteiger partial charge is 0.305 e. The molecule has 0 aliphatic rings. The minimum Gasteiger partial charge on any atom is -0.463 e. The van der Waals surface area contributed by atoms with Crippen molar-refractivity contribution in [1.29, 1.82) is 10.5 Å². The van der Waals surface area contributed by atoms with E-state index in [2.05, 4.69) is 6.92 Å². The molecular weight excluding hydrogens is 416 g/mol. The summed E-state index contributed by atoms with van der Waals surface area (Å²) in [6.45, 7) is 3.23. The molecule has 0 aliphatic heterocycles. The van der Waals surface area contributed by atoms with E-state index in [1.54, 1.807) is 0 Å². The molecule has 0 saturated heterocycles. The molecule has 190 valence electrons. The van der Waals surface area contributed by atoms with Crippen molar-refractivity contribution < 1.29 is 19.0 Å². The van der Waals surface area contributed by atoms with Crippen LogP contribution in [-0.2, 0) is 19.0 Å². The molecule has 0 aromatic heterocycles. The maximum Gasteiger partial charge on any atom is 0.305 e. The number of carbonyl (C=O) groups is 1. The monoisotopic (exact) mass is 464 g/mol. The molecule has 6 nitrogen and oxygen atoms in total. The number of unbranched alkanes of at least 4 members (excludes halogenated alkanes) is 14. The molecule has 6 heteroatoms. The summed E-state index contributed by atoms with van der Waals surface area (Å²) in [7, 11) is 0. The zero-order valence-electron chi connectivity index (χ0n) is 21.2. The van der Waals surface area contributed by atoms with Gasteiger partial charge in [0.1, 0.15) is 12.7 Å². The number of nitriles is 2. The Balaban J connectivity index is 3.56. The van der Waals surface area contributed by atoms with Gasteiger partial charge in [0.2, 0.25) is 0 Å². The molecule has 0 aromatic rings. The van der Waals surface area contributed by atoms with Gasteiger partial charge in [-0.25, -0.2) is 0 Å². The number of hydrogen-bond acceptors (Lipinski definition) is 6. The summed E-state index contributed by atoms with van der Waals surface area (Å²) in [6.07, 6.45) is 20.1. The zero-order chi connectivity index (χ0) is 24.2. The quantitative estimate of drug-likeness (QED) is 0.106. The highest BCUT2D eigenvalue weighted by molar-refractivity contribution is 5.69. The molecule has 0 N–H and O–H groups in total. The number of rotatable bonds is 25. The lowest BCUT2D eigenvalue weighted by Crippen LogP contribution is -2.28. The Hall–Kier alpha value is -1.63. The van der Waals surface area contributed by atoms with Gasteiger partial charge in [0.15, 0.2) is 0 Å². The Morgan fingerprint density at radius 3 is 1.70 bits per heavy atom. The predicted molar refractivity (Wildman–Crippen MR) is 132 cm³/mol. The maximum atomic E-state index is 12.0. The van der Waals surface area contributed by atoms with Gasteiger partial charge in [0.25, 0.3) is 0 Å². The Morgan fingerprint density at radius 2 is 1.18 bits per heavy atom. The fourth-order valence-corrected chi connectivity index (χ4v) is 3.65. The van der Waals surface area contributed by atoms with E-state index in [1.165, 1.54) is 83.5 Å². The number of esters is 1. The van der Waals surface area contributed by atoms with Crippen molar-refractivity contribution >= 4 is 5.97 Å². The van der Waals surface area contributed by atoms with Crippen molar-refractivity contribution in [3.05, 3.63) is 0 Å². The minimum atomic E-state index is -0.401. The Bertz CT molecular complexity index is 513. The van der Waals surface area contributed by atoms with Crippen molar-refractivity contribution in [2.45, 2.75) is 129 Å². The molecule has 0 aromatic carbocycles. The lowest BCUT2D eigenvalue weighted by atomic mass is 10.0. The van der Waals surface area contributed by atoms with Crippen LogP contribution < -0.4 is 0 Å². The molecule has 0 radical (unpaired) electrons. The third-order valence-corrected chi connectivity index (χ3v) is 5.64. The van der Waals surface area contributed by atoms with Crippen molar-refractivity contribution in [3.63, 3.8) is 0 Å². The first kappa shape index (κ1) is 31.4. The predicted octanol–water partition coefficient (Wildman–Crippen LogP) is 7.02. The van der Waals surface area contributed by atoms with Crippen LogP contribution in [0.25, 0.3) is 0 Å². The third-order valence-electron chi connectivity index (χ3n) is 5.64. The van der Waals surface area contributed by atoms with Crippen LogP contribution in [0.3, 0.4) is 0 Å². The molecule has 0 fully saturated rings. The van der Waals surface area contributed by atoms with Gasteiger partial charge in [0, 0.05) is 6.42 Å². The summed E-state index contributed by atoms with van der Waals surface area (Å²) < 4.78 is 16.2. The zero-order valence-corrected chi connectivity index (χ0v) is 21.2. The summed E-state index contributed by atoms with van der Waals surface area (Å²) in [5, 5.41) is 17.2. The normalized spacial score (nSPS) is 11.6. The number of hydrogen-bond donors (Lipinski definition) is 0. The molecular formula is C27H48N2O4. The SMILES string of the molecule is CCCCCCCCCCCCCCCCCC(=O)OCC(COCCC#N)OCCC#N. The third kappa shape index (κ3) is 24.8.